The number of rotatable bonds is 2. The summed E-state index contributed by atoms with van der Waals surface area (Å²) in [5.74, 6) is 0. The van der Waals surface area contributed by atoms with E-state index in [0.717, 1.165) is 16.7 Å². The zero-order valence-corrected chi connectivity index (χ0v) is 9.65. The topological polar surface area (TPSA) is 33.1 Å². The van der Waals surface area contributed by atoms with Gasteiger partial charge in [0.2, 0.25) is 0 Å². The lowest BCUT2D eigenvalue weighted by Gasteiger charge is -2.14. The van der Waals surface area contributed by atoms with Crippen molar-refractivity contribution in [2.45, 2.75) is 13.0 Å². The number of aliphatic hydroxyl groups is 1. The van der Waals surface area contributed by atoms with E-state index in [1.54, 1.807) is 18.5 Å². The summed E-state index contributed by atoms with van der Waals surface area (Å²) >= 11 is 6.05. The molecule has 2 rings (SSSR count). The Labute approximate surface area is 99.5 Å². The molecule has 0 saturated heterocycles. The first-order valence-corrected chi connectivity index (χ1v) is 5.41. The molecule has 0 aliphatic carbocycles. The third kappa shape index (κ3) is 2.08. The van der Waals surface area contributed by atoms with E-state index in [4.69, 9.17) is 11.6 Å². The van der Waals surface area contributed by atoms with Crippen LogP contribution in [0.1, 0.15) is 22.8 Å². The fourth-order valence-corrected chi connectivity index (χ4v) is 1.89. The van der Waals surface area contributed by atoms with Crippen LogP contribution in [-0.2, 0) is 0 Å². The molecule has 0 aliphatic heterocycles. The van der Waals surface area contributed by atoms with Crippen molar-refractivity contribution in [2.24, 2.45) is 0 Å². The highest BCUT2D eigenvalue weighted by molar-refractivity contribution is 6.31. The molecule has 2 aromatic rings. The number of nitrogens with zero attached hydrogens (tertiary/aromatic N) is 1. The number of hydrogen-bond donors (Lipinski definition) is 1. The number of aryl methyl sites for hydroxylation is 1. The van der Waals surface area contributed by atoms with Crippen LogP contribution in [0.5, 0.6) is 0 Å². The van der Waals surface area contributed by atoms with Gasteiger partial charge in [-0.25, -0.2) is 0 Å². The molecule has 16 heavy (non-hydrogen) atoms. The van der Waals surface area contributed by atoms with E-state index < -0.39 is 6.10 Å². The Kier molecular flexibility index (Phi) is 3.22. The Morgan fingerprint density at radius 3 is 2.62 bits per heavy atom. The highest BCUT2D eigenvalue weighted by atomic mass is 35.5. The fourth-order valence-electron chi connectivity index (χ4n) is 1.66. The molecule has 1 unspecified atom stereocenters. The van der Waals surface area contributed by atoms with Crippen LogP contribution in [-0.4, -0.2) is 10.1 Å². The van der Waals surface area contributed by atoms with Crippen molar-refractivity contribution in [1.29, 1.82) is 0 Å². The van der Waals surface area contributed by atoms with Gasteiger partial charge < -0.3 is 5.11 Å². The first-order chi connectivity index (χ1) is 7.70. The second-order valence-corrected chi connectivity index (χ2v) is 4.06. The lowest BCUT2D eigenvalue weighted by Crippen LogP contribution is -2.02. The Balaban J connectivity index is 2.44. The maximum absolute atomic E-state index is 10.2. The largest absolute Gasteiger partial charge is 0.384 e. The van der Waals surface area contributed by atoms with Crippen molar-refractivity contribution < 1.29 is 5.11 Å². The molecule has 1 heterocycles. The molecule has 3 heteroatoms. The van der Waals surface area contributed by atoms with E-state index in [1.807, 2.05) is 31.2 Å². The van der Waals surface area contributed by atoms with Gasteiger partial charge in [0, 0.05) is 23.0 Å². The van der Waals surface area contributed by atoms with E-state index in [9.17, 15) is 5.11 Å². The summed E-state index contributed by atoms with van der Waals surface area (Å²) in [6.45, 7) is 1.92. The van der Waals surface area contributed by atoms with Gasteiger partial charge in [-0.05, 0) is 30.2 Å². The average molecular weight is 234 g/mol. The van der Waals surface area contributed by atoms with Gasteiger partial charge in [-0.15, -0.1) is 0 Å². The number of aromatic nitrogens is 1. The summed E-state index contributed by atoms with van der Waals surface area (Å²) in [5, 5.41) is 10.8. The Morgan fingerprint density at radius 2 is 1.94 bits per heavy atom. The second kappa shape index (κ2) is 4.64. The summed E-state index contributed by atoms with van der Waals surface area (Å²) in [7, 11) is 0. The maximum atomic E-state index is 10.2. The lowest BCUT2D eigenvalue weighted by atomic mass is 9.99. The number of pyridine rings is 1. The molecule has 1 aromatic heterocycles. The Morgan fingerprint density at radius 1 is 1.19 bits per heavy atom. The van der Waals surface area contributed by atoms with Crippen molar-refractivity contribution in [1.82, 2.24) is 4.98 Å². The predicted molar refractivity (Wildman–Crippen MR) is 64.5 cm³/mol. The molecule has 0 aliphatic rings. The van der Waals surface area contributed by atoms with Gasteiger partial charge in [-0.1, -0.05) is 29.8 Å². The van der Waals surface area contributed by atoms with Gasteiger partial charge in [0.1, 0.15) is 6.10 Å². The quantitative estimate of drug-likeness (QED) is 0.865. The van der Waals surface area contributed by atoms with Crippen LogP contribution in [0.4, 0.5) is 0 Å². The molecule has 1 aromatic carbocycles. The van der Waals surface area contributed by atoms with E-state index in [2.05, 4.69) is 4.98 Å². The predicted octanol–water partition coefficient (Wildman–Crippen LogP) is 3.13. The van der Waals surface area contributed by atoms with Gasteiger partial charge in [0.05, 0.1) is 0 Å². The molecule has 1 atom stereocenters. The minimum atomic E-state index is -0.698. The fraction of sp³-hybridized carbons (Fsp3) is 0.154. The molecule has 0 bridgehead atoms. The third-order valence-electron chi connectivity index (χ3n) is 2.56. The van der Waals surface area contributed by atoms with Crippen molar-refractivity contribution in [3.8, 4) is 0 Å². The van der Waals surface area contributed by atoms with E-state index >= 15 is 0 Å². The first-order valence-electron chi connectivity index (χ1n) is 5.03. The molecule has 0 spiro atoms. The van der Waals surface area contributed by atoms with Crippen molar-refractivity contribution >= 4 is 11.6 Å². The molecular formula is C13H12ClNO. The van der Waals surface area contributed by atoms with Gasteiger partial charge in [0.25, 0.3) is 0 Å². The first kappa shape index (κ1) is 11.1. The summed E-state index contributed by atoms with van der Waals surface area (Å²) < 4.78 is 0. The van der Waals surface area contributed by atoms with Crippen LogP contribution in [0.25, 0.3) is 0 Å². The third-order valence-corrected chi connectivity index (χ3v) is 2.90. The van der Waals surface area contributed by atoms with Crippen LogP contribution >= 0.6 is 11.6 Å². The van der Waals surface area contributed by atoms with Gasteiger partial charge >= 0.3 is 0 Å². The number of aliphatic hydroxyl groups excluding tert-OH is 1. The molecule has 0 radical (unpaired) electrons. The SMILES string of the molecule is Cc1cnccc1C(O)c1ccccc1Cl. The normalized spacial score (nSPS) is 12.4. The highest BCUT2D eigenvalue weighted by Gasteiger charge is 2.14. The molecular weight excluding hydrogens is 222 g/mol. The van der Waals surface area contributed by atoms with E-state index in [0.29, 0.717) is 5.02 Å². The van der Waals surface area contributed by atoms with Crippen molar-refractivity contribution in [3.05, 3.63) is 64.4 Å². The summed E-state index contributed by atoms with van der Waals surface area (Å²) in [5.41, 5.74) is 2.51. The maximum Gasteiger partial charge on any atom is 0.106 e. The standard InChI is InChI=1S/C13H12ClNO/c1-9-8-15-7-6-10(9)13(16)11-4-2-3-5-12(11)14/h2-8,13,16H,1H3. The zero-order chi connectivity index (χ0) is 11.5. The van der Waals surface area contributed by atoms with Crippen LogP contribution in [0.15, 0.2) is 42.7 Å². The highest BCUT2D eigenvalue weighted by Crippen LogP contribution is 2.29. The van der Waals surface area contributed by atoms with Gasteiger partial charge in [-0.3, -0.25) is 4.98 Å². The number of halogens is 1. The molecule has 0 saturated carbocycles. The van der Waals surface area contributed by atoms with Crippen LogP contribution in [0.2, 0.25) is 5.02 Å². The lowest BCUT2D eigenvalue weighted by molar-refractivity contribution is 0.219. The molecule has 82 valence electrons. The van der Waals surface area contributed by atoms with Crippen LogP contribution < -0.4 is 0 Å². The zero-order valence-electron chi connectivity index (χ0n) is 8.89. The van der Waals surface area contributed by atoms with Crippen molar-refractivity contribution in [3.63, 3.8) is 0 Å². The Bertz CT molecular complexity index is 453. The summed E-state index contributed by atoms with van der Waals surface area (Å²) in [6, 6.07) is 9.12. The van der Waals surface area contributed by atoms with E-state index in [-0.39, 0.29) is 0 Å². The van der Waals surface area contributed by atoms with Crippen LogP contribution in [0, 0.1) is 6.92 Å². The number of hydrogen-bond acceptors (Lipinski definition) is 2. The number of benzene rings is 1. The Hall–Kier alpha value is -1.38. The monoisotopic (exact) mass is 233 g/mol. The molecule has 0 fully saturated rings. The average Bonchev–Trinajstić information content (AvgIpc) is 2.29. The second-order valence-electron chi connectivity index (χ2n) is 3.66. The smallest absolute Gasteiger partial charge is 0.106 e. The molecule has 1 N–H and O–H groups in total. The van der Waals surface area contributed by atoms with E-state index in [1.165, 1.54) is 0 Å². The van der Waals surface area contributed by atoms with Gasteiger partial charge in [-0.2, -0.15) is 0 Å². The van der Waals surface area contributed by atoms with Crippen molar-refractivity contribution in [2.75, 3.05) is 0 Å². The minimum absolute atomic E-state index is 0.575. The summed E-state index contributed by atoms with van der Waals surface area (Å²) in [6.07, 6.45) is 2.70. The minimum Gasteiger partial charge on any atom is -0.384 e. The van der Waals surface area contributed by atoms with Gasteiger partial charge in [0.15, 0.2) is 0 Å². The van der Waals surface area contributed by atoms with Crippen LogP contribution in [0.3, 0.4) is 0 Å². The molecule has 0 amide bonds. The molecule has 2 nitrogen and oxygen atoms in total. The summed E-state index contributed by atoms with van der Waals surface area (Å²) in [4.78, 5) is 4.00.